The molecule has 0 bridgehead atoms. The molecule has 88 valence electrons. The molecule has 2 rings (SSSR count). The molecule has 0 spiro atoms. The van der Waals surface area contributed by atoms with Crippen molar-refractivity contribution < 1.29 is 9.90 Å². The Labute approximate surface area is 111 Å². The Hall–Kier alpha value is -1.14. The van der Waals surface area contributed by atoms with Crippen LogP contribution in [0.2, 0.25) is 0 Å². The van der Waals surface area contributed by atoms with Gasteiger partial charge in [-0.25, -0.2) is 9.78 Å². The van der Waals surface area contributed by atoms with Crippen molar-refractivity contribution in [2.75, 3.05) is 6.26 Å². The molecular weight excluding hydrogens is 304 g/mol. The second-order valence-corrected chi connectivity index (χ2v) is 5.09. The number of carboxylic acid groups (broad SMARTS) is 1. The highest BCUT2D eigenvalue weighted by Gasteiger charge is 2.15. The fourth-order valence-corrected chi connectivity index (χ4v) is 2.54. The van der Waals surface area contributed by atoms with Crippen LogP contribution in [0.4, 0.5) is 0 Å². The molecule has 4 nitrogen and oxygen atoms in total. The molecule has 0 saturated carbocycles. The van der Waals surface area contributed by atoms with Crippen LogP contribution in [0.15, 0.2) is 21.8 Å². The summed E-state index contributed by atoms with van der Waals surface area (Å²) in [6, 6.07) is 1.94. The summed E-state index contributed by atoms with van der Waals surface area (Å²) in [5.41, 5.74) is 2.42. The van der Waals surface area contributed by atoms with E-state index in [1.165, 1.54) is 18.0 Å². The maximum absolute atomic E-state index is 11.0. The lowest BCUT2D eigenvalue weighted by atomic mass is 10.2. The second-order valence-electron chi connectivity index (χ2n) is 3.47. The number of aromatic carboxylic acids is 1. The number of carbonyl (C=O) groups is 1. The Morgan fingerprint density at radius 1 is 1.47 bits per heavy atom. The Kier molecular flexibility index (Phi) is 3.35. The largest absolute Gasteiger partial charge is 0.478 e. The maximum Gasteiger partial charge on any atom is 0.338 e. The van der Waals surface area contributed by atoms with Gasteiger partial charge in [0, 0.05) is 6.20 Å². The van der Waals surface area contributed by atoms with Crippen molar-refractivity contribution in [1.82, 2.24) is 9.97 Å². The Morgan fingerprint density at radius 3 is 2.76 bits per heavy atom. The summed E-state index contributed by atoms with van der Waals surface area (Å²) < 4.78 is 0.481. The number of halogens is 1. The highest BCUT2D eigenvalue weighted by Crippen LogP contribution is 2.28. The first kappa shape index (κ1) is 12.3. The minimum atomic E-state index is -1.01. The lowest BCUT2D eigenvalue weighted by Gasteiger charge is -2.07. The molecule has 0 unspecified atom stereocenters. The van der Waals surface area contributed by atoms with Gasteiger partial charge in [-0.3, -0.25) is 4.98 Å². The van der Waals surface area contributed by atoms with Crippen molar-refractivity contribution in [3.05, 3.63) is 27.9 Å². The Balaban J connectivity index is 2.83. The zero-order chi connectivity index (χ0) is 12.6. The summed E-state index contributed by atoms with van der Waals surface area (Å²) in [6.45, 7) is 1.93. The molecule has 6 heteroatoms. The van der Waals surface area contributed by atoms with E-state index in [9.17, 15) is 4.79 Å². The molecule has 1 N–H and O–H groups in total. The molecule has 0 fully saturated rings. The van der Waals surface area contributed by atoms with Gasteiger partial charge in [0.05, 0.1) is 20.6 Å². The number of thioether (sulfide) groups is 1. The minimum absolute atomic E-state index is 0.127. The molecule has 2 heterocycles. The fraction of sp³-hybridized carbons (Fsp3) is 0.182. The van der Waals surface area contributed by atoms with Gasteiger partial charge in [0.2, 0.25) is 0 Å². The topological polar surface area (TPSA) is 63.1 Å². The van der Waals surface area contributed by atoms with Gasteiger partial charge in [-0.15, -0.1) is 11.8 Å². The molecule has 0 saturated heterocycles. The van der Waals surface area contributed by atoms with Crippen molar-refractivity contribution in [2.45, 2.75) is 11.9 Å². The van der Waals surface area contributed by atoms with Crippen molar-refractivity contribution in [2.24, 2.45) is 0 Å². The highest BCUT2D eigenvalue weighted by atomic mass is 79.9. The second kappa shape index (κ2) is 4.62. The number of nitrogens with zero attached hydrogens (tertiary/aromatic N) is 2. The van der Waals surface area contributed by atoms with Gasteiger partial charge < -0.3 is 5.11 Å². The van der Waals surface area contributed by atoms with Gasteiger partial charge in [-0.05, 0) is 40.7 Å². The summed E-state index contributed by atoms with van der Waals surface area (Å²) in [5, 5.41) is 9.87. The van der Waals surface area contributed by atoms with Crippen LogP contribution < -0.4 is 0 Å². The highest BCUT2D eigenvalue weighted by molar-refractivity contribution is 9.10. The monoisotopic (exact) mass is 312 g/mol. The van der Waals surface area contributed by atoms with Gasteiger partial charge in [0.1, 0.15) is 5.52 Å². The molecule has 0 amide bonds. The molecular formula is C11H9BrN2O2S. The quantitative estimate of drug-likeness (QED) is 0.863. The predicted molar refractivity (Wildman–Crippen MR) is 70.7 cm³/mol. The third-order valence-corrected chi connectivity index (χ3v) is 3.80. The summed E-state index contributed by atoms with van der Waals surface area (Å²) in [6.07, 6.45) is 3.28. The summed E-state index contributed by atoms with van der Waals surface area (Å²) in [7, 11) is 0. The standard InChI is InChI=1S/C11H9BrN2O2S/c1-5-3-7(17-2)14-10-8(12)6(11(15)16)4-13-9(5)10/h3-4H,1-2H3,(H,15,16). The SMILES string of the molecule is CSc1cc(C)c2ncc(C(=O)O)c(Br)c2n1. The van der Waals surface area contributed by atoms with Crippen LogP contribution in [0.25, 0.3) is 11.0 Å². The van der Waals surface area contributed by atoms with Crippen molar-refractivity contribution in [3.8, 4) is 0 Å². The van der Waals surface area contributed by atoms with Gasteiger partial charge >= 0.3 is 5.97 Å². The van der Waals surface area contributed by atoms with Crippen LogP contribution in [0.5, 0.6) is 0 Å². The zero-order valence-electron chi connectivity index (χ0n) is 9.19. The van der Waals surface area contributed by atoms with Crippen molar-refractivity contribution in [1.29, 1.82) is 0 Å². The molecule has 0 aliphatic heterocycles. The lowest BCUT2D eigenvalue weighted by Crippen LogP contribution is -2.01. The number of fused-ring (bicyclic) bond motifs is 1. The molecule has 0 aromatic carbocycles. The normalized spacial score (nSPS) is 10.8. The first-order valence-electron chi connectivity index (χ1n) is 4.77. The molecule has 0 aliphatic carbocycles. The number of pyridine rings is 2. The van der Waals surface area contributed by atoms with Gasteiger partial charge in [0.15, 0.2) is 0 Å². The number of hydrogen-bond acceptors (Lipinski definition) is 4. The average Bonchev–Trinajstić information content (AvgIpc) is 2.29. The Bertz CT molecular complexity index is 616. The smallest absolute Gasteiger partial charge is 0.338 e. The molecule has 2 aromatic rings. The third-order valence-electron chi connectivity index (χ3n) is 2.37. The third kappa shape index (κ3) is 2.14. The summed E-state index contributed by atoms with van der Waals surface area (Å²) in [5.74, 6) is -1.01. The first-order valence-corrected chi connectivity index (χ1v) is 6.79. The molecule has 0 atom stereocenters. The van der Waals surface area contributed by atoms with Crippen molar-refractivity contribution in [3.63, 3.8) is 0 Å². The van der Waals surface area contributed by atoms with E-state index in [2.05, 4.69) is 25.9 Å². The minimum Gasteiger partial charge on any atom is -0.478 e. The van der Waals surface area contributed by atoms with Crippen molar-refractivity contribution >= 4 is 44.7 Å². The fourth-order valence-electron chi connectivity index (χ4n) is 1.52. The predicted octanol–water partition coefficient (Wildman–Crippen LogP) is 3.12. The van der Waals surface area contributed by atoms with Crippen LogP contribution in [-0.2, 0) is 0 Å². The van der Waals surface area contributed by atoms with Gasteiger partial charge in [-0.1, -0.05) is 0 Å². The number of aromatic nitrogens is 2. The summed E-state index contributed by atoms with van der Waals surface area (Å²) >= 11 is 4.80. The van der Waals surface area contributed by atoms with Crippen LogP contribution in [0.1, 0.15) is 15.9 Å². The zero-order valence-corrected chi connectivity index (χ0v) is 11.6. The maximum atomic E-state index is 11.0. The first-order chi connectivity index (χ1) is 8.04. The van der Waals surface area contributed by atoms with E-state index in [0.29, 0.717) is 9.99 Å². The average molecular weight is 313 g/mol. The molecule has 0 aliphatic rings. The molecule has 0 radical (unpaired) electrons. The van der Waals surface area contributed by atoms with Gasteiger partial charge in [0.25, 0.3) is 0 Å². The molecule has 17 heavy (non-hydrogen) atoms. The number of carboxylic acids is 1. The Morgan fingerprint density at radius 2 is 2.18 bits per heavy atom. The van der Waals surface area contributed by atoms with Crippen LogP contribution in [0, 0.1) is 6.92 Å². The number of aryl methyl sites for hydroxylation is 1. The van der Waals surface area contributed by atoms with Crippen LogP contribution >= 0.6 is 27.7 Å². The van der Waals surface area contributed by atoms with E-state index in [-0.39, 0.29) is 5.56 Å². The van der Waals surface area contributed by atoms with E-state index >= 15 is 0 Å². The number of rotatable bonds is 2. The van der Waals surface area contributed by atoms with E-state index in [0.717, 1.165) is 16.1 Å². The van der Waals surface area contributed by atoms with Crippen LogP contribution in [-0.4, -0.2) is 27.3 Å². The van der Waals surface area contributed by atoms with E-state index in [1.807, 2.05) is 19.2 Å². The van der Waals surface area contributed by atoms with Gasteiger partial charge in [-0.2, -0.15) is 0 Å². The van der Waals surface area contributed by atoms with E-state index in [4.69, 9.17) is 5.11 Å². The van der Waals surface area contributed by atoms with E-state index < -0.39 is 5.97 Å². The van der Waals surface area contributed by atoms with Crippen LogP contribution in [0.3, 0.4) is 0 Å². The summed E-state index contributed by atoms with van der Waals surface area (Å²) in [4.78, 5) is 19.5. The van der Waals surface area contributed by atoms with E-state index in [1.54, 1.807) is 0 Å². The number of hydrogen-bond donors (Lipinski definition) is 1. The molecule has 2 aromatic heterocycles. The lowest BCUT2D eigenvalue weighted by molar-refractivity contribution is 0.0695.